The number of rotatable bonds is 3. The second-order valence-electron chi connectivity index (χ2n) is 4.66. The Balaban J connectivity index is 1.89. The molecule has 0 spiro atoms. The highest BCUT2D eigenvalue weighted by Crippen LogP contribution is 2.28. The fraction of sp³-hybridized carbons (Fsp3) is 1.00. The van der Waals surface area contributed by atoms with E-state index in [0.29, 0.717) is 12.6 Å². The van der Waals surface area contributed by atoms with Gasteiger partial charge in [-0.25, -0.2) is 0 Å². The lowest BCUT2D eigenvalue weighted by Crippen LogP contribution is -2.55. The molecule has 0 amide bonds. The number of hydrogen-bond donors (Lipinski definition) is 2. The van der Waals surface area contributed by atoms with E-state index in [1.807, 2.05) is 0 Å². The van der Waals surface area contributed by atoms with E-state index in [0.717, 1.165) is 25.9 Å². The Labute approximate surface area is 80.1 Å². The van der Waals surface area contributed by atoms with Crippen molar-refractivity contribution in [3.63, 3.8) is 0 Å². The van der Waals surface area contributed by atoms with Gasteiger partial charge in [-0.15, -0.1) is 0 Å². The Kier molecular flexibility index (Phi) is 2.58. The van der Waals surface area contributed by atoms with Crippen molar-refractivity contribution in [1.29, 1.82) is 0 Å². The van der Waals surface area contributed by atoms with Crippen LogP contribution in [0.3, 0.4) is 0 Å². The predicted molar refractivity (Wildman–Crippen MR) is 52.7 cm³/mol. The van der Waals surface area contributed by atoms with Crippen molar-refractivity contribution in [2.75, 3.05) is 26.7 Å². The van der Waals surface area contributed by atoms with Gasteiger partial charge in [-0.2, -0.15) is 0 Å². The van der Waals surface area contributed by atoms with Gasteiger partial charge in [0, 0.05) is 11.6 Å². The fourth-order valence-corrected chi connectivity index (χ4v) is 2.06. The summed E-state index contributed by atoms with van der Waals surface area (Å²) in [5, 5.41) is 13.0. The van der Waals surface area contributed by atoms with Crippen molar-refractivity contribution < 1.29 is 5.11 Å². The molecule has 2 N–H and O–H groups in total. The van der Waals surface area contributed by atoms with Gasteiger partial charge in [-0.1, -0.05) is 0 Å². The number of aliphatic hydroxyl groups is 1. The molecule has 1 heterocycles. The maximum absolute atomic E-state index is 9.42. The standard InChI is InChI=1S/C10H20N2O/c1-12-6-4-10(8-13,5-7-12)11-9-2-3-9/h9,11,13H,2-8H2,1H3. The molecule has 76 valence electrons. The number of nitrogens with one attached hydrogen (secondary N) is 1. The molecular formula is C10H20N2O. The van der Waals surface area contributed by atoms with Crippen LogP contribution in [0, 0.1) is 0 Å². The van der Waals surface area contributed by atoms with Crippen molar-refractivity contribution in [2.45, 2.75) is 37.3 Å². The summed E-state index contributed by atoms with van der Waals surface area (Å²) in [5.41, 5.74) is 0.0493. The Morgan fingerprint density at radius 3 is 2.46 bits per heavy atom. The lowest BCUT2D eigenvalue weighted by Gasteiger charge is -2.40. The van der Waals surface area contributed by atoms with Crippen molar-refractivity contribution in [3.05, 3.63) is 0 Å². The first-order valence-corrected chi connectivity index (χ1v) is 5.31. The molecular weight excluding hydrogens is 164 g/mol. The largest absolute Gasteiger partial charge is 0.394 e. The summed E-state index contributed by atoms with van der Waals surface area (Å²) in [7, 11) is 2.15. The summed E-state index contributed by atoms with van der Waals surface area (Å²) in [4.78, 5) is 2.34. The molecule has 0 aromatic carbocycles. The van der Waals surface area contributed by atoms with E-state index in [4.69, 9.17) is 0 Å². The topological polar surface area (TPSA) is 35.5 Å². The maximum atomic E-state index is 9.42. The number of nitrogens with zero attached hydrogens (tertiary/aromatic N) is 1. The molecule has 1 aliphatic carbocycles. The van der Waals surface area contributed by atoms with E-state index >= 15 is 0 Å². The van der Waals surface area contributed by atoms with Crippen molar-refractivity contribution in [3.8, 4) is 0 Å². The van der Waals surface area contributed by atoms with E-state index in [2.05, 4.69) is 17.3 Å². The van der Waals surface area contributed by atoms with Gasteiger partial charge in [0.2, 0.25) is 0 Å². The molecule has 0 bridgehead atoms. The lowest BCUT2D eigenvalue weighted by molar-refractivity contribution is 0.0878. The Morgan fingerprint density at radius 2 is 2.00 bits per heavy atom. The summed E-state index contributed by atoms with van der Waals surface area (Å²) >= 11 is 0. The molecule has 3 heteroatoms. The van der Waals surface area contributed by atoms with E-state index in [9.17, 15) is 5.11 Å². The fourth-order valence-electron chi connectivity index (χ4n) is 2.06. The van der Waals surface area contributed by atoms with Gasteiger partial charge in [0.05, 0.1) is 6.61 Å². The molecule has 0 aromatic heterocycles. The Bertz CT molecular complexity index is 172. The van der Waals surface area contributed by atoms with Gasteiger partial charge in [-0.3, -0.25) is 0 Å². The average Bonchev–Trinajstić information content (AvgIpc) is 2.94. The molecule has 13 heavy (non-hydrogen) atoms. The molecule has 2 fully saturated rings. The average molecular weight is 184 g/mol. The summed E-state index contributed by atoms with van der Waals surface area (Å²) in [5.74, 6) is 0. The zero-order valence-corrected chi connectivity index (χ0v) is 8.42. The Morgan fingerprint density at radius 1 is 1.38 bits per heavy atom. The predicted octanol–water partition coefficient (Wildman–Crippen LogP) is 0.195. The summed E-state index contributed by atoms with van der Waals surface area (Å²) in [6.45, 7) is 2.53. The van der Waals surface area contributed by atoms with Gasteiger partial charge >= 0.3 is 0 Å². The molecule has 2 aliphatic rings. The molecule has 0 atom stereocenters. The minimum atomic E-state index is 0.0493. The molecule has 1 aliphatic heterocycles. The second kappa shape index (κ2) is 3.56. The van der Waals surface area contributed by atoms with Crippen LogP contribution in [0.25, 0.3) is 0 Å². The highest BCUT2D eigenvalue weighted by molar-refractivity contribution is 4.97. The molecule has 2 rings (SSSR count). The molecule has 1 saturated heterocycles. The normalized spacial score (nSPS) is 29.1. The van der Waals surface area contributed by atoms with Gasteiger partial charge in [0.15, 0.2) is 0 Å². The minimum Gasteiger partial charge on any atom is -0.394 e. The van der Waals surface area contributed by atoms with E-state index in [-0.39, 0.29) is 5.54 Å². The number of hydrogen-bond acceptors (Lipinski definition) is 3. The van der Waals surface area contributed by atoms with E-state index in [1.165, 1.54) is 12.8 Å². The quantitative estimate of drug-likeness (QED) is 0.657. The minimum absolute atomic E-state index is 0.0493. The van der Waals surface area contributed by atoms with Crippen LogP contribution in [-0.4, -0.2) is 48.3 Å². The smallest absolute Gasteiger partial charge is 0.0614 e. The van der Waals surface area contributed by atoms with Gasteiger partial charge < -0.3 is 15.3 Å². The zero-order chi connectivity index (χ0) is 9.31. The van der Waals surface area contributed by atoms with E-state index < -0.39 is 0 Å². The van der Waals surface area contributed by atoms with Crippen LogP contribution in [0.15, 0.2) is 0 Å². The molecule has 0 unspecified atom stereocenters. The third-order valence-electron chi connectivity index (χ3n) is 3.33. The summed E-state index contributed by atoms with van der Waals surface area (Å²) < 4.78 is 0. The molecule has 3 nitrogen and oxygen atoms in total. The van der Waals surface area contributed by atoms with Crippen LogP contribution >= 0.6 is 0 Å². The van der Waals surface area contributed by atoms with Crippen molar-refractivity contribution in [2.24, 2.45) is 0 Å². The molecule has 0 aromatic rings. The van der Waals surface area contributed by atoms with Crippen molar-refractivity contribution >= 4 is 0 Å². The van der Waals surface area contributed by atoms with Gasteiger partial charge in [-0.05, 0) is 45.8 Å². The lowest BCUT2D eigenvalue weighted by atomic mass is 9.88. The number of likely N-dealkylation sites (tertiary alicyclic amines) is 1. The monoisotopic (exact) mass is 184 g/mol. The highest BCUT2D eigenvalue weighted by Gasteiger charge is 2.37. The maximum Gasteiger partial charge on any atom is 0.0614 e. The van der Waals surface area contributed by atoms with Gasteiger partial charge in [0.1, 0.15) is 0 Å². The number of piperidine rings is 1. The number of aliphatic hydroxyl groups excluding tert-OH is 1. The van der Waals surface area contributed by atoms with Crippen LogP contribution in [0.5, 0.6) is 0 Å². The first-order chi connectivity index (χ1) is 6.24. The third-order valence-corrected chi connectivity index (χ3v) is 3.33. The zero-order valence-electron chi connectivity index (χ0n) is 8.42. The molecule has 1 saturated carbocycles. The van der Waals surface area contributed by atoms with Crippen molar-refractivity contribution in [1.82, 2.24) is 10.2 Å². The van der Waals surface area contributed by atoms with Crippen LogP contribution in [-0.2, 0) is 0 Å². The first kappa shape index (κ1) is 9.44. The second-order valence-corrected chi connectivity index (χ2v) is 4.66. The third kappa shape index (κ3) is 2.22. The van der Waals surface area contributed by atoms with Gasteiger partial charge in [0.25, 0.3) is 0 Å². The van der Waals surface area contributed by atoms with Crippen LogP contribution in [0.1, 0.15) is 25.7 Å². The SMILES string of the molecule is CN1CCC(CO)(NC2CC2)CC1. The summed E-state index contributed by atoms with van der Waals surface area (Å²) in [6.07, 6.45) is 4.79. The van der Waals surface area contributed by atoms with Crippen LogP contribution < -0.4 is 5.32 Å². The van der Waals surface area contributed by atoms with Crippen LogP contribution in [0.2, 0.25) is 0 Å². The first-order valence-electron chi connectivity index (χ1n) is 5.31. The van der Waals surface area contributed by atoms with Crippen LogP contribution in [0.4, 0.5) is 0 Å². The van der Waals surface area contributed by atoms with E-state index in [1.54, 1.807) is 0 Å². The Hall–Kier alpha value is -0.120. The highest BCUT2D eigenvalue weighted by atomic mass is 16.3. The summed E-state index contributed by atoms with van der Waals surface area (Å²) in [6, 6.07) is 0.704. The molecule has 0 radical (unpaired) electrons.